The highest BCUT2D eigenvalue weighted by Crippen LogP contribution is 2.24. The largest absolute Gasteiger partial charge is 0.459 e. The highest BCUT2D eigenvalue weighted by molar-refractivity contribution is 5.89. The van der Waals surface area contributed by atoms with Crippen molar-refractivity contribution in [2.75, 3.05) is 36.1 Å². The third kappa shape index (κ3) is 5.63. The molecule has 148 valence electrons. The van der Waals surface area contributed by atoms with Crippen molar-refractivity contribution in [1.29, 1.82) is 0 Å². The zero-order valence-corrected chi connectivity index (χ0v) is 16.9. The van der Waals surface area contributed by atoms with Crippen LogP contribution in [0.4, 0.5) is 17.7 Å². The third-order valence-corrected chi connectivity index (χ3v) is 3.53. The molecular formula is C18H29N7O2. The number of aromatic nitrogens is 4. The number of ether oxygens (including phenoxy) is 1. The molecule has 0 aliphatic heterocycles. The van der Waals surface area contributed by atoms with Crippen molar-refractivity contribution in [3.8, 4) is 0 Å². The van der Waals surface area contributed by atoms with E-state index < -0.39 is 5.60 Å². The molecule has 0 aliphatic rings. The molecule has 0 aromatic carbocycles. The van der Waals surface area contributed by atoms with Gasteiger partial charge in [-0.3, -0.25) is 4.79 Å². The van der Waals surface area contributed by atoms with Crippen LogP contribution in [0.15, 0.2) is 0 Å². The van der Waals surface area contributed by atoms with E-state index in [1.165, 1.54) is 0 Å². The number of carbonyl (C=O) groups is 1. The molecule has 0 bridgehead atoms. The minimum Gasteiger partial charge on any atom is -0.459 e. The number of rotatable bonds is 8. The molecule has 0 unspecified atom stereocenters. The number of esters is 1. The summed E-state index contributed by atoms with van der Waals surface area (Å²) in [5.74, 6) is 1.09. The molecule has 0 atom stereocenters. The first-order valence-electron chi connectivity index (χ1n) is 9.23. The van der Waals surface area contributed by atoms with Crippen LogP contribution in [0.5, 0.6) is 0 Å². The van der Waals surface area contributed by atoms with Gasteiger partial charge in [-0.25, -0.2) is 15.0 Å². The molecule has 0 spiro atoms. The molecule has 0 amide bonds. The fourth-order valence-corrected chi connectivity index (χ4v) is 2.42. The van der Waals surface area contributed by atoms with Gasteiger partial charge < -0.3 is 20.7 Å². The molecule has 0 radical (unpaired) electrons. The fourth-order valence-electron chi connectivity index (χ4n) is 2.42. The number of fused-ring (bicyclic) bond motifs is 1. The van der Waals surface area contributed by atoms with Crippen molar-refractivity contribution in [3.05, 3.63) is 5.69 Å². The second-order valence-corrected chi connectivity index (χ2v) is 7.06. The van der Waals surface area contributed by atoms with Gasteiger partial charge in [-0.2, -0.15) is 4.98 Å². The Morgan fingerprint density at radius 1 is 1.00 bits per heavy atom. The molecular weight excluding hydrogens is 346 g/mol. The number of hydrogen-bond acceptors (Lipinski definition) is 9. The monoisotopic (exact) mass is 375 g/mol. The van der Waals surface area contributed by atoms with E-state index in [1.54, 1.807) is 7.05 Å². The SMILES string of the molecule is CCCNc1nc(CC)c2nc(NCC(=O)OC(C)(C)C)nc(NC)c2n1. The highest BCUT2D eigenvalue weighted by atomic mass is 16.6. The quantitative estimate of drug-likeness (QED) is 0.599. The second kappa shape index (κ2) is 8.79. The van der Waals surface area contributed by atoms with Crippen LogP contribution in [0, 0.1) is 0 Å². The molecule has 0 saturated carbocycles. The standard InChI is InChI=1S/C18H29N7O2/c1-7-9-20-16-22-11(8-2)13-14(24-16)15(19-6)25-17(23-13)21-10-12(26)27-18(3,4)5/h7-10H2,1-6H3,(H,20,22,24)(H2,19,21,23,25). The van der Waals surface area contributed by atoms with Crippen LogP contribution in [0.3, 0.4) is 0 Å². The average Bonchev–Trinajstić information content (AvgIpc) is 2.61. The number of anilines is 3. The van der Waals surface area contributed by atoms with E-state index in [-0.39, 0.29) is 12.5 Å². The van der Waals surface area contributed by atoms with Gasteiger partial charge in [0.15, 0.2) is 5.82 Å². The minimum atomic E-state index is -0.537. The topological polar surface area (TPSA) is 114 Å². The predicted molar refractivity (Wildman–Crippen MR) is 107 cm³/mol. The van der Waals surface area contributed by atoms with Gasteiger partial charge in [0.05, 0.1) is 5.69 Å². The van der Waals surface area contributed by atoms with Crippen molar-refractivity contribution >= 4 is 34.7 Å². The van der Waals surface area contributed by atoms with Gasteiger partial charge in [-0.1, -0.05) is 13.8 Å². The molecule has 0 fully saturated rings. The van der Waals surface area contributed by atoms with Crippen molar-refractivity contribution in [3.63, 3.8) is 0 Å². The molecule has 3 N–H and O–H groups in total. The van der Waals surface area contributed by atoms with E-state index in [0.29, 0.717) is 35.2 Å². The summed E-state index contributed by atoms with van der Waals surface area (Å²) < 4.78 is 5.30. The average molecular weight is 375 g/mol. The van der Waals surface area contributed by atoms with E-state index in [0.717, 1.165) is 18.7 Å². The minimum absolute atomic E-state index is 0.0234. The van der Waals surface area contributed by atoms with Crippen LogP contribution < -0.4 is 16.0 Å². The first-order chi connectivity index (χ1) is 12.8. The maximum Gasteiger partial charge on any atom is 0.325 e. The Kier molecular flexibility index (Phi) is 6.70. The zero-order valence-electron chi connectivity index (χ0n) is 16.9. The smallest absolute Gasteiger partial charge is 0.325 e. The van der Waals surface area contributed by atoms with Gasteiger partial charge in [0.1, 0.15) is 23.2 Å². The van der Waals surface area contributed by atoms with Crippen LogP contribution >= 0.6 is 0 Å². The number of nitrogens with one attached hydrogen (secondary N) is 3. The van der Waals surface area contributed by atoms with Crippen LogP contribution in [0.25, 0.3) is 11.0 Å². The van der Waals surface area contributed by atoms with Crippen LogP contribution in [-0.2, 0) is 16.0 Å². The summed E-state index contributed by atoms with van der Waals surface area (Å²) in [5, 5.41) is 9.18. The Labute approximate surface area is 159 Å². The maximum atomic E-state index is 11.9. The zero-order chi connectivity index (χ0) is 20.0. The van der Waals surface area contributed by atoms with E-state index >= 15 is 0 Å². The Morgan fingerprint density at radius 3 is 2.26 bits per heavy atom. The summed E-state index contributed by atoms with van der Waals surface area (Å²) in [6.07, 6.45) is 1.68. The van der Waals surface area contributed by atoms with Gasteiger partial charge in [0.25, 0.3) is 0 Å². The van der Waals surface area contributed by atoms with Crippen molar-refractivity contribution in [2.24, 2.45) is 0 Å². The molecule has 2 aromatic rings. The number of carbonyl (C=O) groups excluding carboxylic acids is 1. The summed E-state index contributed by atoms with van der Waals surface area (Å²) >= 11 is 0. The van der Waals surface area contributed by atoms with E-state index in [4.69, 9.17) is 4.74 Å². The van der Waals surface area contributed by atoms with Crippen molar-refractivity contribution in [2.45, 2.75) is 53.1 Å². The van der Waals surface area contributed by atoms with Crippen molar-refractivity contribution in [1.82, 2.24) is 19.9 Å². The van der Waals surface area contributed by atoms with Gasteiger partial charge in [0.2, 0.25) is 11.9 Å². The Balaban J connectivity index is 2.33. The number of aryl methyl sites for hydroxylation is 1. The van der Waals surface area contributed by atoms with Crippen LogP contribution in [0.1, 0.15) is 46.7 Å². The Morgan fingerprint density at radius 2 is 1.67 bits per heavy atom. The molecule has 9 nitrogen and oxygen atoms in total. The van der Waals surface area contributed by atoms with E-state index in [9.17, 15) is 4.79 Å². The first kappa shape index (κ1) is 20.6. The molecule has 2 heterocycles. The molecule has 2 rings (SSSR count). The fraction of sp³-hybridized carbons (Fsp3) is 0.611. The molecule has 0 saturated heterocycles. The Bertz CT molecular complexity index is 802. The Hall–Kier alpha value is -2.71. The lowest BCUT2D eigenvalue weighted by Crippen LogP contribution is -2.28. The second-order valence-electron chi connectivity index (χ2n) is 7.06. The predicted octanol–water partition coefficient (Wildman–Crippen LogP) is 2.60. The van der Waals surface area contributed by atoms with E-state index in [2.05, 4.69) is 42.8 Å². The lowest BCUT2D eigenvalue weighted by atomic mass is 10.2. The molecule has 2 aromatic heterocycles. The van der Waals surface area contributed by atoms with Gasteiger partial charge >= 0.3 is 5.97 Å². The normalized spacial score (nSPS) is 11.3. The van der Waals surface area contributed by atoms with Gasteiger partial charge in [-0.05, 0) is 33.6 Å². The summed E-state index contributed by atoms with van der Waals surface area (Å²) in [6.45, 7) is 10.3. The third-order valence-electron chi connectivity index (χ3n) is 3.53. The summed E-state index contributed by atoms with van der Waals surface area (Å²) in [7, 11) is 1.77. The molecule has 9 heteroatoms. The maximum absolute atomic E-state index is 11.9. The number of hydrogen-bond donors (Lipinski definition) is 3. The number of nitrogens with zero attached hydrogens (tertiary/aromatic N) is 4. The lowest BCUT2D eigenvalue weighted by Gasteiger charge is -2.19. The van der Waals surface area contributed by atoms with Crippen molar-refractivity contribution < 1.29 is 9.53 Å². The molecule has 0 aliphatic carbocycles. The summed E-state index contributed by atoms with van der Waals surface area (Å²) in [4.78, 5) is 30.0. The molecule has 27 heavy (non-hydrogen) atoms. The van der Waals surface area contributed by atoms with E-state index in [1.807, 2.05) is 27.7 Å². The lowest BCUT2D eigenvalue weighted by molar-refractivity contribution is -0.152. The summed E-state index contributed by atoms with van der Waals surface area (Å²) in [5.41, 5.74) is 1.58. The van der Waals surface area contributed by atoms with Gasteiger partial charge in [0, 0.05) is 13.6 Å². The van der Waals surface area contributed by atoms with Crippen LogP contribution in [0.2, 0.25) is 0 Å². The van der Waals surface area contributed by atoms with Crippen LogP contribution in [-0.4, -0.2) is 51.6 Å². The van der Waals surface area contributed by atoms with Gasteiger partial charge in [-0.15, -0.1) is 0 Å². The first-order valence-corrected chi connectivity index (χ1v) is 9.23. The highest BCUT2D eigenvalue weighted by Gasteiger charge is 2.18. The summed E-state index contributed by atoms with van der Waals surface area (Å²) in [6, 6.07) is 0.